The minimum absolute atomic E-state index is 0.00954. The summed E-state index contributed by atoms with van der Waals surface area (Å²) < 4.78 is 0. The van der Waals surface area contributed by atoms with Gasteiger partial charge in [0, 0.05) is 19.3 Å². The van der Waals surface area contributed by atoms with E-state index in [4.69, 9.17) is 5.11 Å². The molecule has 1 aliphatic heterocycles. The first-order chi connectivity index (χ1) is 8.20. The van der Waals surface area contributed by atoms with Crippen LogP contribution < -0.4 is 0 Å². The molecule has 1 N–H and O–H groups in total. The highest BCUT2D eigenvalue weighted by atomic mass is 16.4. The second-order valence-electron chi connectivity index (χ2n) is 3.72. The molecule has 88 valence electrons. The van der Waals surface area contributed by atoms with Gasteiger partial charge in [-0.25, -0.2) is 4.79 Å². The van der Waals surface area contributed by atoms with E-state index in [-0.39, 0.29) is 17.2 Å². The lowest BCUT2D eigenvalue weighted by molar-refractivity contribution is 0.0675. The molecule has 0 saturated carbocycles. The maximum Gasteiger partial charge on any atom is 0.338 e. The number of carbonyl (C=O) groups is 2. The van der Waals surface area contributed by atoms with Crippen molar-refractivity contribution < 1.29 is 14.7 Å². The fraction of sp³-hybridized carbons (Fsp3) is 0.250. The van der Waals surface area contributed by atoms with Crippen molar-refractivity contribution in [2.45, 2.75) is 6.42 Å². The molecule has 1 aromatic heterocycles. The molecular weight excluding hydrogens is 220 g/mol. The Morgan fingerprint density at radius 3 is 2.82 bits per heavy atom. The van der Waals surface area contributed by atoms with E-state index in [1.54, 1.807) is 4.90 Å². The highest BCUT2D eigenvalue weighted by Gasteiger charge is 2.22. The highest BCUT2D eigenvalue weighted by Crippen LogP contribution is 2.11. The number of carboxylic acids is 1. The molecule has 5 nitrogen and oxygen atoms in total. The lowest BCUT2D eigenvalue weighted by Gasteiger charge is -2.23. The maximum atomic E-state index is 12.1. The average Bonchev–Trinajstić information content (AvgIpc) is 2.39. The van der Waals surface area contributed by atoms with Crippen molar-refractivity contribution in [3.05, 3.63) is 41.7 Å². The number of amides is 1. The molecule has 2 rings (SSSR count). The second kappa shape index (κ2) is 4.78. The smallest absolute Gasteiger partial charge is 0.338 e. The Labute approximate surface area is 98.4 Å². The van der Waals surface area contributed by atoms with Crippen LogP contribution in [0.4, 0.5) is 0 Å². The quantitative estimate of drug-likeness (QED) is 0.777. The van der Waals surface area contributed by atoms with Gasteiger partial charge in [-0.1, -0.05) is 12.2 Å². The van der Waals surface area contributed by atoms with Gasteiger partial charge in [0.1, 0.15) is 5.69 Å². The first kappa shape index (κ1) is 11.3. The minimum Gasteiger partial charge on any atom is -0.478 e. The van der Waals surface area contributed by atoms with Gasteiger partial charge in [-0.2, -0.15) is 0 Å². The van der Waals surface area contributed by atoms with Crippen molar-refractivity contribution in [2.75, 3.05) is 13.1 Å². The Balaban J connectivity index is 2.30. The highest BCUT2D eigenvalue weighted by molar-refractivity contribution is 6.03. The van der Waals surface area contributed by atoms with Crippen LogP contribution in [-0.2, 0) is 0 Å². The van der Waals surface area contributed by atoms with E-state index in [1.807, 2.05) is 12.2 Å². The van der Waals surface area contributed by atoms with Gasteiger partial charge < -0.3 is 10.0 Å². The van der Waals surface area contributed by atoms with Crippen molar-refractivity contribution in [2.24, 2.45) is 0 Å². The van der Waals surface area contributed by atoms with Gasteiger partial charge in [-0.05, 0) is 18.6 Å². The van der Waals surface area contributed by atoms with Gasteiger partial charge in [0.15, 0.2) is 0 Å². The summed E-state index contributed by atoms with van der Waals surface area (Å²) in [4.78, 5) is 28.5. The van der Waals surface area contributed by atoms with E-state index in [0.717, 1.165) is 6.42 Å². The SMILES string of the molecule is O=C(O)c1cccnc1C(=O)N1CC=CCC1. The third-order valence-corrected chi connectivity index (χ3v) is 2.59. The number of hydrogen-bond donors (Lipinski definition) is 1. The van der Waals surface area contributed by atoms with Gasteiger partial charge in [0.2, 0.25) is 0 Å². The summed E-state index contributed by atoms with van der Waals surface area (Å²) >= 11 is 0. The molecule has 0 fully saturated rings. The summed E-state index contributed by atoms with van der Waals surface area (Å²) in [6, 6.07) is 2.90. The fourth-order valence-electron chi connectivity index (χ4n) is 1.72. The topological polar surface area (TPSA) is 70.5 Å². The standard InChI is InChI=1S/C12H12N2O3/c15-11(14-7-2-1-3-8-14)10-9(12(16)17)5-4-6-13-10/h1-2,4-6H,3,7-8H2,(H,16,17). The number of hydrogen-bond acceptors (Lipinski definition) is 3. The third-order valence-electron chi connectivity index (χ3n) is 2.59. The molecule has 0 aromatic carbocycles. The Hall–Kier alpha value is -2.17. The molecule has 0 aliphatic carbocycles. The van der Waals surface area contributed by atoms with Crippen LogP contribution in [0.3, 0.4) is 0 Å². The molecule has 0 bridgehead atoms. The number of nitrogens with zero attached hydrogens (tertiary/aromatic N) is 2. The van der Waals surface area contributed by atoms with Crippen LogP contribution in [0.2, 0.25) is 0 Å². The summed E-state index contributed by atoms with van der Waals surface area (Å²) in [7, 11) is 0. The molecule has 0 atom stereocenters. The van der Waals surface area contributed by atoms with E-state index >= 15 is 0 Å². The van der Waals surface area contributed by atoms with Gasteiger partial charge >= 0.3 is 5.97 Å². The van der Waals surface area contributed by atoms with E-state index in [2.05, 4.69) is 4.98 Å². The molecular formula is C12H12N2O3. The zero-order valence-electron chi connectivity index (χ0n) is 9.17. The van der Waals surface area contributed by atoms with Gasteiger partial charge in [-0.15, -0.1) is 0 Å². The Morgan fingerprint density at radius 1 is 1.35 bits per heavy atom. The van der Waals surface area contributed by atoms with Crippen LogP contribution in [0.5, 0.6) is 0 Å². The van der Waals surface area contributed by atoms with Gasteiger partial charge in [-0.3, -0.25) is 9.78 Å². The first-order valence-corrected chi connectivity index (χ1v) is 5.32. The number of aromatic carboxylic acids is 1. The van der Waals surface area contributed by atoms with Crippen LogP contribution in [0, 0.1) is 0 Å². The number of carboxylic acid groups (broad SMARTS) is 1. The molecule has 0 saturated heterocycles. The summed E-state index contributed by atoms with van der Waals surface area (Å²) in [6.07, 6.45) is 6.12. The largest absolute Gasteiger partial charge is 0.478 e. The maximum absolute atomic E-state index is 12.1. The zero-order chi connectivity index (χ0) is 12.3. The van der Waals surface area contributed by atoms with E-state index in [1.165, 1.54) is 18.3 Å². The summed E-state index contributed by atoms with van der Waals surface area (Å²) in [5.41, 5.74) is -0.0395. The van der Waals surface area contributed by atoms with Crippen molar-refractivity contribution in [3.8, 4) is 0 Å². The summed E-state index contributed by atoms with van der Waals surface area (Å²) in [6.45, 7) is 1.11. The second-order valence-corrected chi connectivity index (χ2v) is 3.72. The van der Waals surface area contributed by atoms with Crippen LogP contribution in [0.25, 0.3) is 0 Å². The number of rotatable bonds is 2. The fourth-order valence-corrected chi connectivity index (χ4v) is 1.72. The summed E-state index contributed by atoms with van der Waals surface area (Å²) in [5.74, 6) is -1.46. The normalized spacial score (nSPS) is 14.7. The monoisotopic (exact) mass is 232 g/mol. The predicted molar refractivity (Wildman–Crippen MR) is 60.9 cm³/mol. The molecule has 0 spiro atoms. The lowest BCUT2D eigenvalue weighted by atomic mass is 10.1. The number of pyridine rings is 1. The van der Waals surface area contributed by atoms with E-state index < -0.39 is 5.97 Å². The van der Waals surface area contributed by atoms with Crippen LogP contribution in [-0.4, -0.2) is 40.0 Å². The van der Waals surface area contributed by atoms with Crippen LogP contribution in [0.1, 0.15) is 27.3 Å². The Kier molecular flexibility index (Phi) is 3.18. The molecule has 0 radical (unpaired) electrons. The minimum atomic E-state index is -1.13. The van der Waals surface area contributed by atoms with Crippen molar-refractivity contribution in [3.63, 3.8) is 0 Å². The molecule has 1 aliphatic rings. The zero-order valence-corrected chi connectivity index (χ0v) is 9.17. The Morgan fingerprint density at radius 2 is 2.18 bits per heavy atom. The van der Waals surface area contributed by atoms with Crippen LogP contribution in [0.15, 0.2) is 30.5 Å². The average molecular weight is 232 g/mol. The lowest BCUT2D eigenvalue weighted by Crippen LogP contribution is -2.35. The molecule has 1 aromatic rings. The molecule has 0 unspecified atom stereocenters. The number of aromatic nitrogens is 1. The molecule has 2 heterocycles. The third kappa shape index (κ3) is 2.33. The first-order valence-electron chi connectivity index (χ1n) is 5.32. The van der Waals surface area contributed by atoms with Crippen molar-refractivity contribution >= 4 is 11.9 Å². The van der Waals surface area contributed by atoms with Crippen molar-refractivity contribution in [1.82, 2.24) is 9.88 Å². The number of carbonyl (C=O) groups excluding carboxylic acids is 1. The molecule has 1 amide bonds. The van der Waals surface area contributed by atoms with Crippen molar-refractivity contribution in [1.29, 1.82) is 0 Å². The van der Waals surface area contributed by atoms with Crippen LogP contribution >= 0.6 is 0 Å². The molecule has 17 heavy (non-hydrogen) atoms. The van der Waals surface area contributed by atoms with E-state index in [0.29, 0.717) is 13.1 Å². The molecule has 5 heteroatoms. The van der Waals surface area contributed by atoms with Gasteiger partial charge in [0.05, 0.1) is 5.56 Å². The summed E-state index contributed by atoms with van der Waals surface area (Å²) in [5, 5.41) is 8.99. The van der Waals surface area contributed by atoms with Gasteiger partial charge in [0.25, 0.3) is 5.91 Å². The Bertz CT molecular complexity index is 482. The predicted octanol–water partition coefficient (Wildman–Crippen LogP) is 1.18. The van der Waals surface area contributed by atoms with E-state index in [9.17, 15) is 9.59 Å².